The van der Waals surface area contributed by atoms with Crippen molar-refractivity contribution in [3.8, 4) is 11.3 Å². The molecule has 1 heterocycles. The third kappa shape index (κ3) is 5.02. The first kappa shape index (κ1) is 20.6. The van der Waals surface area contributed by atoms with Crippen molar-refractivity contribution in [3.05, 3.63) is 66.2 Å². The molecule has 0 spiro atoms. The molecule has 0 atom stereocenters. The molecule has 0 aliphatic carbocycles. The van der Waals surface area contributed by atoms with Crippen LogP contribution in [0.1, 0.15) is 10.4 Å². The number of rotatable bonds is 5. The number of anilines is 1. The van der Waals surface area contributed by atoms with Crippen molar-refractivity contribution in [2.45, 2.75) is 9.92 Å². The SMILES string of the molecule is CS(=O)(=O)c1ccc(-c2ccc(NC(=O)c3ccc(S(N)(=O)=O)cc3)cc2)nn1. The molecule has 3 rings (SSSR count). The number of carbonyl (C=O) groups is 1. The van der Waals surface area contributed by atoms with Gasteiger partial charge in [-0.15, -0.1) is 10.2 Å². The second-order valence-corrected chi connectivity index (χ2v) is 9.65. The molecule has 0 saturated heterocycles. The Labute approximate surface area is 167 Å². The monoisotopic (exact) mass is 432 g/mol. The van der Waals surface area contributed by atoms with Gasteiger partial charge in [-0.3, -0.25) is 4.79 Å². The van der Waals surface area contributed by atoms with Gasteiger partial charge in [0.2, 0.25) is 10.0 Å². The highest BCUT2D eigenvalue weighted by atomic mass is 32.2. The molecule has 0 unspecified atom stereocenters. The number of amides is 1. The molecular weight excluding hydrogens is 416 g/mol. The Morgan fingerprint density at radius 2 is 1.48 bits per heavy atom. The molecule has 1 amide bonds. The highest BCUT2D eigenvalue weighted by Crippen LogP contribution is 2.20. The molecule has 29 heavy (non-hydrogen) atoms. The van der Waals surface area contributed by atoms with E-state index in [2.05, 4.69) is 15.5 Å². The Morgan fingerprint density at radius 3 is 1.97 bits per heavy atom. The van der Waals surface area contributed by atoms with E-state index in [1.165, 1.54) is 30.3 Å². The molecule has 3 N–H and O–H groups in total. The number of aromatic nitrogens is 2. The number of sulfonamides is 1. The van der Waals surface area contributed by atoms with Crippen LogP contribution in [0.15, 0.2) is 70.6 Å². The fraction of sp³-hybridized carbons (Fsp3) is 0.0556. The van der Waals surface area contributed by atoms with Crippen molar-refractivity contribution in [1.29, 1.82) is 0 Å². The first-order valence-corrected chi connectivity index (χ1v) is 11.6. The third-order valence-corrected chi connectivity index (χ3v) is 5.81. The lowest BCUT2D eigenvalue weighted by molar-refractivity contribution is 0.102. The second kappa shape index (κ2) is 7.70. The van der Waals surface area contributed by atoms with Gasteiger partial charge in [0.25, 0.3) is 5.91 Å². The van der Waals surface area contributed by atoms with Gasteiger partial charge in [-0.1, -0.05) is 12.1 Å². The van der Waals surface area contributed by atoms with E-state index >= 15 is 0 Å². The Balaban J connectivity index is 1.72. The van der Waals surface area contributed by atoms with Crippen molar-refractivity contribution in [2.24, 2.45) is 5.14 Å². The number of benzene rings is 2. The summed E-state index contributed by atoms with van der Waals surface area (Å²) >= 11 is 0. The van der Waals surface area contributed by atoms with Gasteiger partial charge in [0.05, 0.1) is 10.6 Å². The third-order valence-electron chi connectivity index (χ3n) is 3.90. The maximum Gasteiger partial charge on any atom is 0.255 e. The highest BCUT2D eigenvalue weighted by Gasteiger charge is 2.12. The summed E-state index contributed by atoms with van der Waals surface area (Å²) in [6, 6.07) is 14.9. The van der Waals surface area contributed by atoms with Gasteiger partial charge in [0.1, 0.15) is 0 Å². The summed E-state index contributed by atoms with van der Waals surface area (Å²) in [4.78, 5) is 12.2. The molecule has 1 aromatic heterocycles. The number of carbonyl (C=O) groups excluding carboxylic acids is 1. The largest absolute Gasteiger partial charge is 0.322 e. The van der Waals surface area contributed by atoms with Crippen molar-refractivity contribution in [1.82, 2.24) is 10.2 Å². The van der Waals surface area contributed by atoms with Crippen molar-refractivity contribution in [2.75, 3.05) is 11.6 Å². The predicted molar refractivity (Wildman–Crippen MR) is 106 cm³/mol. The quantitative estimate of drug-likeness (QED) is 0.619. The molecule has 0 saturated carbocycles. The van der Waals surface area contributed by atoms with E-state index in [1.54, 1.807) is 30.3 Å². The van der Waals surface area contributed by atoms with Crippen LogP contribution in [-0.4, -0.2) is 39.2 Å². The van der Waals surface area contributed by atoms with Crippen molar-refractivity contribution in [3.63, 3.8) is 0 Å². The molecule has 11 heteroatoms. The van der Waals surface area contributed by atoms with E-state index in [-0.39, 0.29) is 15.5 Å². The molecule has 2 aromatic carbocycles. The Morgan fingerprint density at radius 1 is 0.862 bits per heavy atom. The van der Waals surface area contributed by atoms with Gasteiger partial charge in [-0.2, -0.15) is 0 Å². The van der Waals surface area contributed by atoms with E-state index in [4.69, 9.17) is 5.14 Å². The average molecular weight is 432 g/mol. The summed E-state index contributed by atoms with van der Waals surface area (Å²) in [5, 5.41) is 15.2. The number of hydrogen-bond donors (Lipinski definition) is 2. The summed E-state index contributed by atoms with van der Waals surface area (Å²) in [7, 11) is -7.24. The van der Waals surface area contributed by atoms with Crippen LogP contribution >= 0.6 is 0 Å². The Kier molecular flexibility index (Phi) is 5.46. The van der Waals surface area contributed by atoms with Gasteiger partial charge in [-0.05, 0) is 48.5 Å². The van der Waals surface area contributed by atoms with Crippen LogP contribution in [0.4, 0.5) is 5.69 Å². The van der Waals surface area contributed by atoms with Crippen LogP contribution in [0, 0.1) is 0 Å². The minimum absolute atomic E-state index is 0.0820. The van der Waals surface area contributed by atoms with Crippen molar-refractivity contribution < 1.29 is 21.6 Å². The normalized spacial score (nSPS) is 11.8. The van der Waals surface area contributed by atoms with Gasteiger partial charge >= 0.3 is 0 Å². The van der Waals surface area contributed by atoms with Crippen LogP contribution in [0.2, 0.25) is 0 Å². The van der Waals surface area contributed by atoms with Gasteiger partial charge < -0.3 is 5.32 Å². The summed E-state index contributed by atoms with van der Waals surface area (Å²) in [5.74, 6) is -0.420. The zero-order valence-corrected chi connectivity index (χ0v) is 16.7. The number of sulfone groups is 1. The van der Waals surface area contributed by atoms with Crippen molar-refractivity contribution >= 4 is 31.5 Å². The van der Waals surface area contributed by atoms with Gasteiger partial charge in [0, 0.05) is 23.1 Å². The zero-order chi connectivity index (χ0) is 21.2. The lowest BCUT2D eigenvalue weighted by Gasteiger charge is -2.07. The minimum Gasteiger partial charge on any atom is -0.322 e. The van der Waals surface area contributed by atoms with E-state index in [0.29, 0.717) is 16.9 Å². The van der Waals surface area contributed by atoms with E-state index in [0.717, 1.165) is 6.26 Å². The summed E-state index contributed by atoms with van der Waals surface area (Å²) in [6.45, 7) is 0. The number of primary sulfonamides is 1. The second-order valence-electron chi connectivity index (χ2n) is 6.13. The van der Waals surface area contributed by atoms with Gasteiger partial charge in [0.15, 0.2) is 14.9 Å². The standard InChI is InChI=1S/C18H16N4O5S2/c1-28(24,25)17-11-10-16(21-22-17)12-2-6-14(7-3-12)20-18(23)13-4-8-15(9-5-13)29(19,26)27/h2-11H,1H3,(H,20,23)(H2,19,26,27). The molecule has 9 nitrogen and oxygen atoms in total. The molecule has 0 radical (unpaired) electrons. The number of nitrogens with two attached hydrogens (primary N) is 1. The summed E-state index contributed by atoms with van der Waals surface area (Å²) < 4.78 is 45.4. The van der Waals surface area contributed by atoms with E-state index in [1.807, 2.05) is 0 Å². The molecular formula is C18H16N4O5S2. The zero-order valence-electron chi connectivity index (χ0n) is 15.1. The lowest BCUT2D eigenvalue weighted by atomic mass is 10.1. The Hall–Kier alpha value is -3.15. The Bertz CT molecular complexity index is 1250. The number of hydrogen-bond acceptors (Lipinski definition) is 7. The summed E-state index contributed by atoms with van der Waals surface area (Å²) in [5.41, 5.74) is 1.95. The smallest absolute Gasteiger partial charge is 0.255 e. The first-order valence-electron chi connectivity index (χ1n) is 8.12. The van der Waals surface area contributed by atoms with E-state index < -0.39 is 25.8 Å². The molecule has 3 aromatic rings. The summed E-state index contributed by atoms with van der Waals surface area (Å²) in [6.07, 6.45) is 1.05. The predicted octanol–water partition coefficient (Wildman–Crippen LogP) is 1.45. The minimum atomic E-state index is -3.82. The van der Waals surface area contributed by atoms with Crippen LogP contribution in [0.25, 0.3) is 11.3 Å². The molecule has 0 aliphatic rings. The van der Waals surface area contributed by atoms with Crippen LogP contribution in [0.5, 0.6) is 0 Å². The number of nitrogens with one attached hydrogen (secondary N) is 1. The van der Waals surface area contributed by atoms with Crippen LogP contribution < -0.4 is 10.5 Å². The fourth-order valence-corrected chi connectivity index (χ4v) is 3.42. The maximum atomic E-state index is 12.3. The van der Waals surface area contributed by atoms with Crippen LogP contribution in [0.3, 0.4) is 0 Å². The first-order chi connectivity index (χ1) is 13.5. The maximum absolute atomic E-state index is 12.3. The average Bonchev–Trinajstić information content (AvgIpc) is 2.67. The van der Waals surface area contributed by atoms with Gasteiger partial charge in [-0.25, -0.2) is 22.0 Å². The fourth-order valence-electron chi connectivity index (χ4n) is 2.40. The topological polar surface area (TPSA) is 149 Å². The molecule has 0 bridgehead atoms. The van der Waals surface area contributed by atoms with E-state index in [9.17, 15) is 21.6 Å². The molecule has 0 aliphatic heterocycles. The highest BCUT2D eigenvalue weighted by molar-refractivity contribution is 7.90. The number of nitrogens with zero attached hydrogens (tertiary/aromatic N) is 2. The van der Waals surface area contributed by atoms with Crippen LogP contribution in [-0.2, 0) is 19.9 Å². The molecule has 150 valence electrons. The molecule has 0 fully saturated rings. The lowest BCUT2D eigenvalue weighted by Crippen LogP contribution is -2.14.